The van der Waals surface area contributed by atoms with Crippen LogP contribution in [0, 0.1) is 5.41 Å². The molecule has 2 rings (SSSR count). The van der Waals surface area contributed by atoms with Crippen LogP contribution in [0.2, 0.25) is 0 Å². The minimum Gasteiger partial charge on any atom is -0.366 e. The summed E-state index contributed by atoms with van der Waals surface area (Å²) in [7, 11) is 0. The zero-order valence-corrected chi connectivity index (χ0v) is 10.9. The number of nitrogens with one attached hydrogen (secondary N) is 2. The Kier molecular flexibility index (Phi) is 4.05. The van der Waals surface area contributed by atoms with Crippen molar-refractivity contribution in [3.8, 4) is 0 Å². The second kappa shape index (κ2) is 5.36. The van der Waals surface area contributed by atoms with Crippen LogP contribution in [0.4, 0.5) is 0 Å². The van der Waals surface area contributed by atoms with Crippen LogP contribution < -0.4 is 10.6 Å². The number of hydrogen-bond donors (Lipinski definition) is 2. The molecule has 1 unspecified atom stereocenters. The van der Waals surface area contributed by atoms with Crippen LogP contribution in [-0.4, -0.2) is 37.7 Å². The molecule has 1 saturated carbocycles. The predicted molar refractivity (Wildman–Crippen MR) is 66.8 cm³/mol. The number of carbonyl (C=O) groups is 1. The molecule has 98 valence electrons. The van der Waals surface area contributed by atoms with Gasteiger partial charge in [0, 0.05) is 19.1 Å². The van der Waals surface area contributed by atoms with Gasteiger partial charge in [-0.2, -0.15) is 0 Å². The van der Waals surface area contributed by atoms with Gasteiger partial charge in [0.1, 0.15) is 6.10 Å². The first kappa shape index (κ1) is 12.8. The Labute approximate surface area is 103 Å². The number of carbonyl (C=O) groups excluding carboxylic acids is 1. The molecule has 1 atom stereocenters. The normalized spacial score (nSPS) is 29.9. The van der Waals surface area contributed by atoms with Crippen molar-refractivity contribution in [2.45, 2.75) is 51.7 Å². The predicted octanol–water partition coefficient (Wildman–Crippen LogP) is 1.06. The summed E-state index contributed by atoms with van der Waals surface area (Å²) in [6.07, 6.45) is 4.29. The Hall–Kier alpha value is -0.610. The maximum atomic E-state index is 12.0. The van der Waals surface area contributed by atoms with E-state index < -0.39 is 0 Å². The first-order valence-corrected chi connectivity index (χ1v) is 6.69. The second-order valence-electron chi connectivity index (χ2n) is 6.01. The molecule has 1 aliphatic heterocycles. The number of rotatable bonds is 2. The fraction of sp³-hybridized carbons (Fsp3) is 0.923. The summed E-state index contributed by atoms with van der Waals surface area (Å²) in [4.78, 5) is 12.0. The lowest BCUT2D eigenvalue weighted by Crippen LogP contribution is -2.51. The van der Waals surface area contributed by atoms with E-state index in [0.29, 0.717) is 24.6 Å². The highest BCUT2D eigenvalue weighted by atomic mass is 16.5. The summed E-state index contributed by atoms with van der Waals surface area (Å²) < 4.78 is 5.45. The average Bonchev–Trinajstić information content (AvgIpc) is 2.33. The van der Waals surface area contributed by atoms with Crippen molar-refractivity contribution in [3.05, 3.63) is 0 Å². The van der Waals surface area contributed by atoms with Crippen LogP contribution in [0.5, 0.6) is 0 Å². The topological polar surface area (TPSA) is 50.4 Å². The highest BCUT2D eigenvalue weighted by Gasteiger charge is 2.29. The van der Waals surface area contributed by atoms with Crippen molar-refractivity contribution in [3.63, 3.8) is 0 Å². The Morgan fingerprint density at radius 3 is 2.65 bits per heavy atom. The lowest BCUT2D eigenvalue weighted by atomic mass is 9.75. The van der Waals surface area contributed by atoms with E-state index in [2.05, 4.69) is 24.5 Å². The molecule has 0 aromatic heterocycles. The van der Waals surface area contributed by atoms with Gasteiger partial charge in [-0.25, -0.2) is 0 Å². The third kappa shape index (κ3) is 3.68. The Balaban J connectivity index is 1.75. The summed E-state index contributed by atoms with van der Waals surface area (Å²) in [5.74, 6) is 0.0573. The van der Waals surface area contributed by atoms with E-state index in [-0.39, 0.29) is 12.0 Å². The van der Waals surface area contributed by atoms with E-state index in [1.165, 1.54) is 12.8 Å². The minimum atomic E-state index is -0.293. The largest absolute Gasteiger partial charge is 0.366 e. The third-order valence-electron chi connectivity index (χ3n) is 3.91. The lowest BCUT2D eigenvalue weighted by molar-refractivity contribution is -0.135. The Bertz CT molecular complexity index is 263. The molecule has 0 spiro atoms. The smallest absolute Gasteiger partial charge is 0.250 e. The van der Waals surface area contributed by atoms with Crippen molar-refractivity contribution in [1.82, 2.24) is 10.6 Å². The van der Waals surface area contributed by atoms with Gasteiger partial charge in [0.15, 0.2) is 0 Å². The molecule has 2 fully saturated rings. The molecular weight excluding hydrogens is 216 g/mol. The lowest BCUT2D eigenvalue weighted by Gasteiger charge is -2.35. The Morgan fingerprint density at radius 1 is 1.35 bits per heavy atom. The van der Waals surface area contributed by atoms with E-state index >= 15 is 0 Å². The fourth-order valence-electron chi connectivity index (χ4n) is 2.57. The SMILES string of the molecule is CC1(C)CCC(NC(=O)C2CNCCO2)CC1. The third-order valence-corrected chi connectivity index (χ3v) is 3.91. The van der Waals surface area contributed by atoms with Gasteiger partial charge in [-0.05, 0) is 31.1 Å². The van der Waals surface area contributed by atoms with Crippen molar-refractivity contribution in [2.75, 3.05) is 19.7 Å². The molecule has 0 bridgehead atoms. The first-order chi connectivity index (χ1) is 8.07. The number of hydrogen-bond acceptors (Lipinski definition) is 3. The molecule has 2 N–H and O–H groups in total. The molecule has 1 aliphatic carbocycles. The van der Waals surface area contributed by atoms with Crippen molar-refractivity contribution >= 4 is 5.91 Å². The van der Waals surface area contributed by atoms with Gasteiger partial charge >= 0.3 is 0 Å². The summed E-state index contributed by atoms with van der Waals surface area (Å²) in [5.41, 5.74) is 0.449. The quantitative estimate of drug-likeness (QED) is 0.759. The van der Waals surface area contributed by atoms with Gasteiger partial charge in [-0.15, -0.1) is 0 Å². The molecule has 4 heteroatoms. The van der Waals surface area contributed by atoms with Crippen molar-refractivity contribution < 1.29 is 9.53 Å². The monoisotopic (exact) mass is 240 g/mol. The van der Waals surface area contributed by atoms with Crippen LogP contribution in [0.25, 0.3) is 0 Å². The van der Waals surface area contributed by atoms with Gasteiger partial charge in [0.2, 0.25) is 0 Å². The average molecular weight is 240 g/mol. The molecule has 2 aliphatic rings. The summed E-state index contributed by atoms with van der Waals surface area (Å²) in [6.45, 7) is 6.74. The molecule has 1 saturated heterocycles. The minimum absolute atomic E-state index is 0.0573. The maximum Gasteiger partial charge on any atom is 0.250 e. The highest BCUT2D eigenvalue weighted by Crippen LogP contribution is 2.34. The van der Waals surface area contributed by atoms with E-state index in [0.717, 1.165) is 19.4 Å². The fourth-order valence-corrected chi connectivity index (χ4v) is 2.57. The molecule has 1 heterocycles. The summed E-state index contributed by atoms with van der Waals surface area (Å²) in [5, 5.41) is 6.30. The highest BCUT2D eigenvalue weighted by molar-refractivity contribution is 5.81. The van der Waals surface area contributed by atoms with Gasteiger partial charge in [-0.1, -0.05) is 13.8 Å². The maximum absolute atomic E-state index is 12.0. The number of morpholine rings is 1. The molecule has 17 heavy (non-hydrogen) atoms. The molecule has 0 aromatic rings. The zero-order valence-electron chi connectivity index (χ0n) is 10.9. The van der Waals surface area contributed by atoms with Crippen LogP contribution in [0.3, 0.4) is 0 Å². The van der Waals surface area contributed by atoms with E-state index in [4.69, 9.17) is 4.74 Å². The van der Waals surface area contributed by atoms with Gasteiger partial charge in [-0.3, -0.25) is 4.79 Å². The van der Waals surface area contributed by atoms with Gasteiger partial charge < -0.3 is 15.4 Å². The molecule has 4 nitrogen and oxygen atoms in total. The molecule has 0 aromatic carbocycles. The van der Waals surface area contributed by atoms with Crippen molar-refractivity contribution in [1.29, 1.82) is 0 Å². The van der Waals surface area contributed by atoms with Crippen LogP contribution >= 0.6 is 0 Å². The number of ether oxygens (including phenoxy) is 1. The standard InChI is InChI=1S/C13H24N2O2/c1-13(2)5-3-10(4-6-13)15-12(16)11-9-14-7-8-17-11/h10-11,14H,3-9H2,1-2H3,(H,15,16). The van der Waals surface area contributed by atoms with Crippen LogP contribution in [0.15, 0.2) is 0 Å². The molecular formula is C13H24N2O2. The van der Waals surface area contributed by atoms with Gasteiger partial charge in [0.05, 0.1) is 6.61 Å². The first-order valence-electron chi connectivity index (χ1n) is 6.69. The number of amides is 1. The van der Waals surface area contributed by atoms with Gasteiger partial charge in [0.25, 0.3) is 5.91 Å². The van der Waals surface area contributed by atoms with E-state index in [9.17, 15) is 4.79 Å². The summed E-state index contributed by atoms with van der Waals surface area (Å²) >= 11 is 0. The molecule has 0 radical (unpaired) electrons. The van der Waals surface area contributed by atoms with E-state index in [1.807, 2.05) is 0 Å². The van der Waals surface area contributed by atoms with E-state index in [1.54, 1.807) is 0 Å². The zero-order chi connectivity index (χ0) is 12.3. The Morgan fingerprint density at radius 2 is 2.06 bits per heavy atom. The van der Waals surface area contributed by atoms with Crippen LogP contribution in [-0.2, 0) is 9.53 Å². The molecule has 1 amide bonds. The van der Waals surface area contributed by atoms with Crippen molar-refractivity contribution in [2.24, 2.45) is 5.41 Å². The second-order valence-corrected chi connectivity index (χ2v) is 6.01. The van der Waals surface area contributed by atoms with Crippen LogP contribution in [0.1, 0.15) is 39.5 Å². The summed E-state index contributed by atoms with van der Waals surface area (Å²) in [6, 6.07) is 0.348.